The van der Waals surface area contributed by atoms with Gasteiger partial charge in [-0.05, 0) is 30.5 Å². The second-order valence-electron chi connectivity index (χ2n) is 5.01. The van der Waals surface area contributed by atoms with E-state index in [-0.39, 0.29) is 5.75 Å². The van der Waals surface area contributed by atoms with E-state index in [0.717, 1.165) is 22.4 Å². The first kappa shape index (κ1) is 17.2. The van der Waals surface area contributed by atoms with Crippen molar-refractivity contribution in [2.75, 3.05) is 11.5 Å². The second-order valence-corrected chi connectivity index (χ2v) is 9.13. The average molecular weight is 380 g/mol. The molecule has 2 aromatic heterocycles. The van der Waals surface area contributed by atoms with Gasteiger partial charge < -0.3 is 4.57 Å². The summed E-state index contributed by atoms with van der Waals surface area (Å²) in [7, 11) is -3.26. The molecule has 0 spiro atoms. The summed E-state index contributed by atoms with van der Waals surface area (Å²) < 4.78 is 26.6. The van der Waals surface area contributed by atoms with Crippen LogP contribution in [0.15, 0.2) is 57.9 Å². The Kier molecular flexibility index (Phi) is 5.37. The Balaban J connectivity index is 1.70. The van der Waals surface area contributed by atoms with Crippen molar-refractivity contribution in [2.24, 2.45) is 0 Å². The molecular weight excluding hydrogens is 362 g/mol. The number of nitrogens with zero attached hydrogens (tertiary/aromatic N) is 3. The fraction of sp³-hybridized carbons (Fsp3) is 0.250. The van der Waals surface area contributed by atoms with E-state index in [0.29, 0.717) is 10.6 Å². The van der Waals surface area contributed by atoms with Crippen LogP contribution < -0.4 is 0 Å². The van der Waals surface area contributed by atoms with Crippen LogP contribution in [0.4, 0.5) is 0 Å². The Morgan fingerprint density at radius 1 is 1.12 bits per heavy atom. The number of sulfone groups is 1. The summed E-state index contributed by atoms with van der Waals surface area (Å²) in [4.78, 5) is 1.43. The Morgan fingerprint density at radius 2 is 1.92 bits per heavy atom. The summed E-state index contributed by atoms with van der Waals surface area (Å²) in [6, 6.07) is 12.5. The molecule has 1 aromatic carbocycles. The molecule has 3 aromatic rings. The molecule has 0 amide bonds. The van der Waals surface area contributed by atoms with Crippen molar-refractivity contribution in [3.05, 3.63) is 47.8 Å². The average Bonchev–Trinajstić information content (AvgIpc) is 3.24. The molecule has 0 aliphatic carbocycles. The van der Waals surface area contributed by atoms with Gasteiger partial charge in [0.15, 0.2) is 20.8 Å². The van der Waals surface area contributed by atoms with Crippen LogP contribution in [0.1, 0.15) is 6.92 Å². The highest BCUT2D eigenvalue weighted by Crippen LogP contribution is 2.27. The molecule has 0 bridgehead atoms. The number of benzene rings is 1. The van der Waals surface area contributed by atoms with E-state index < -0.39 is 9.84 Å². The zero-order valence-electron chi connectivity index (χ0n) is 13.1. The number of rotatable bonds is 7. The maximum Gasteiger partial charge on any atom is 0.191 e. The monoisotopic (exact) mass is 379 g/mol. The lowest BCUT2D eigenvalue weighted by atomic mass is 10.4. The number of thioether (sulfide) groups is 1. The van der Waals surface area contributed by atoms with E-state index in [2.05, 4.69) is 10.2 Å². The molecule has 0 unspecified atom stereocenters. The van der Waals surface area contributed by atoms with E-state index >= 15 is 0 Å². The molecule has 126 valence electrons. The third-order valence-corrected chi connectivity index (χ3v) is 7.28. The lowest BCUT2D eigenvalue weighted by Crippen LogP contribution is -2.09. The molecule has 0 saturated carbocycles. The number of thiophene rings is 1. The van der Waals surface area contributed by atoms with Crippen LogP contribution in [0, 0.1) is 0 Å². The van der Waals surface area contributed by atoms with Crippen molar-refractivity contribution < 1.29 is 8.42 Å². The third-order valence-electron chi connectivity index (χ3n) is 3.46. The quantitative estimate of drug-likeness (QED) is 0.587. The molecule has 0 radical (unpaired) electrons. The zero-order valence-corrected chi connectivity index (χ0v) is 15.6. The maximum atomic E-state index is 12.3. The summed E-state index contributed by atoms with van der Waals surface area (Å²) in [6.45, 7) is 2.78. The lowest BCUT2D eigenvalue weighted by molar-refractivity contribution is 0.597. The van der Waals surface area contributed by atoms with Crippen molar-refractivity contribution in [3.8, 4) is 10.7 Å². The standard InChI is InChI=1S/C16H17N3O2S3/c1-2-19-15(14-9-6-10-22-14)17-18-16(19)23-11-12-24(20,21)13-7-4-3-5-8-13/h3-10H,2,11-12H2,1H3. The first-order chi connectivity index (χ1) is 11.6. The van der Waals surface area contributed by atoms with Gasteiger partial charge in [0.2, 0.25) is 0 Å². The minimum atomic E-state index is -3.26. The summed E-state index contributed by atoms with van der Waals surface area (Å²) in [5, 5.41) is 11.2. The molecule has 0 N–H and O–H groups in total. The molecule has 0 aliphatic rings. The van der Waals surface area contributed by atoms with E-state index in [1.165, 1.54) is 11.8 Å². The van der Waals surface area contributed by atoms with Crippen molar-refractivity contribution in [3.63, 3.8) is 0 Å². The molecule has 24 heavy (non-hydrogen) atoms. The normalized spacial score (nSPS) is 11.7. The fourth-order valence-corrected chi connectivity index (χ4v) is 5.65. The summed E-state index contributed by atoms with van der Waals surface area (Å²) in [5.41, 5.74) is 0. The van der Waals surface area contributed by atoms with Gasteiger partial charge in [0.05, 0.1) is 15.5 Å². The first-order valence-electron chi connectivity index (χ1n) is 7.49. The molecule has 0 fully saturated rings. The molecule has 5 nitrogen and oxygen atoms in total. The molecule has 2 heterocycles. The van der Waals surface area contributed by atoms with E-state index in [4.69, 9.17) is 0 Å². The number of hydrogen-bond donors (Lipinski definition) is 0. The van der Waals surface area contributed by atoms with Gasteiger partial charge in [-0.3, -0.25) is 0 Å². The first-order valence-corrected chi connectivity index (χ1v) is 11.0. The lowest BCUT2D eigenvalue weighted by Gasteiger charge is -2.07. The van der Waals surface area contributed by atoms with Crippen molar-refractivity contribution in [2.45, 2.75) is 23.5 Å². The minimum absolute atomic E-state index is 0.0760. The van der Waals surface area contributed by atoms with Crippen molar-refractivity contribution in [1.29, 1.82) is 0 Å². The SMILES string of the molecule is CCn1c(SCCS(=O)(=O)c2ccccc2)nnc1-c1cccs1. The number of aromatic nitrogens is 3. The summed E-state index contributed by atoms with van der Waals surface area (Å²) in [6.07, 6.45) is 0. The van der Waals surface area contributed by atoms with Crippen LogP contribution in [0.5, 0.6) is 0 Å². The molecule has 0 saturated heterocycles. The largest absolute Gasteiger partial charge is 0.302 e. The Hall–Kier alpha value is -1.64. The second kappa shape index (κ2) is 7.50. The summed E-state index contributed by atoms with van der Waals surface area (Å²) in [5.74, 6) is 1.35. The van der Waals surface area contributed by atoms with Gasteiger partial charge in [-0.2, -0.15) is 0 Å². The molecule has 8 heteroatoms. The van der Waals surface area contributed by atoms with Gasteiger partial charge in [-0.25, -0.2) is 8.42 Å². The van der Waals surface area contributed by atoms with Gasteiger partial charge in [0.25, 0.3) is 0 Å². The van der Waals surface area contributed by atoms with Crippen LogP contribution in [0.2, 0.25) is 0 Å². The van der Waals surface area contributed by atoms with Gasteiger partial charge in [-0.1, -0.05) is 36.0 Å². The van der Waals surface area contributed by atoms with Crippen LogP contribution in [-0.2, 0) is 16.4 Å². The summed E-state index contributed by atoms with van der Waals surface area (Å²) >= 11 is 3.04. The zero-order chi connectivity index (χ0) is 17.0. The smallest absolute Gasteiger partial charge is 0.191 e. The highest BCUT2D eigenvalue weighted by Gasteiger charge is 2.17. The Labute approximate surface area is 149 Å². The molecule has 0 aliphatic heterocycles. The predicted molar refractivity (Wildman–Crippen MR) is 98.2 cm³/mol. The van der Waals surface area contributed by atoms with Gasteiger partial charge in [-0.15, -0.1) is 21.5 Å². The number of hydrogen-bond acceptors (Lipinski definition) is 6. The Bertz CT molecular complexity index is 888. The Morgan fingerprint density at radius 3 is 2.58 bits per heavy atom. The van der Waals surface area contributed by atoms with Gasteiger partial charge in [0.1, 0.15) is 0 Å². The van der Waals surface area contributed by atoms with Crippen molar-refractivity contribution in [1.82, 2.24) is 14.8 Å². The van der Waals surface area contributed by atoms with E-state index in [1.807, 2.05) is 35.1 Å². The topological polar surface area (TPSA) is 64.8 Å². The molecular formula is C16H17N3O2S3. The van der Waals surface area contributed by atoms with E-state index in [1.54, 1.807) is 35.6 Å². The van der Waals surface area contributed by atoms with Crippen LogP contribution in [0.3, 0.4) is 0 Å². The molecule has 3 rings (SSSR count). The maximum absolute atomic E-state index is 12.3. The molecule has 0 atom stereocenters. The fourth-order valence-electron chi connectivity index (χ4n) is 2.26. The third kappa shape index (κ3) is 3.71. The van der Waals surface area contributed by atoms with Crippen molar-refractivity contribution >= 4 is 32.9 Å². The van der Waals surface area contributed by atoms with Gasteiger partial charge in [0, 0.05) is 12.3 Å². The highest BCUT2D eigenvalue weighted by atomic mass is 32.2. The van der Waals surface area contributed by atoms with Crippen LogP contribution in [-0.4, -0.2) is 34.7 Å². The van der Waals surface area contributed by atoms with Crippen LogP contribution in [0.25, 0.3) is 10.7 Å². The minimum Gasteiger partial charge on any atom is -0.302 e. The van der Waals surface area contributed by atoms with E-state index in [9.17, 15) is 8.42 Å². The van der Waals surface area contributed by atoms with Gasteiger partial charge >= 0.3 is 0 Å². The predicted octanol–water partition coefficient (Wildman–Crippen LogP) is 3.59. The highest BCUT2D eigenvalue weighted by molar-refractivity contribution is 8.00. The van der Waals surface area contributed by atoms with Crippen LogP contribution >= 0.6 is 23.1 Å².